The van der Waals surface area contributed by atoms with E-state index in [1.54, 1.807) is 44.2 Å². The molecule has 3 aromatic rings. The van der Waals surface area contributed by atoms with Crippen molar-refractivity contribution in [3.05, 3.63) is 77.7 Å². The second-order valence-electron chi connectivity index (χ2n) is 8.99. The highest BCUT2D eigenvalue weighted by Crippen LogP contribution is 2.53. The SMILES string of the molecule is CO[P+](=O)C(C#CC(C)C)(C(=O)O)C(O)(Cc1ccc(F)cc1)c1cccc(-c2cccc3c2OCO3)n1. The number of carboxylic acids is 1. The molecule has 1 aromatic heterocycles. The van der Waals surface area contributed by atoms with Crippen LogP contribution in [0.15, 0.2) is 60.7 Å². The van der Waals surface area contributed by atoms with Crippen LogP contribution in [0.5, 0.6) is 11.5 Å². The van der Waals surface area contributed by atoms with E-state index < -0.39 is 37.0 Å². The van der Waals surface area contributed by atoms with Gasteiger partial charge in [-0.25, -0.2) is 14.2 Å². The fraction of sp³-hybridized carbons (Fsp3) is 0.286. The Morgan fingerprint density at radius 2 is 1.87 bits per heavy atom. The molecule has 0 amide bonds. The number of halogens is 1. The standard InChI is InChI=1S/C28H25FNO7P/c1-18(2)14-15-28(26(31)32,38(34)35-3)27(33,16-19-10-12-20(29)13-11-19)24-9-5-7-22(30-24)21-6-4-8-23-25(21)37-17-36-23/h4-13,18,33H,16-17H2,1-3H3/p+1. The first kappa shape index (κ1) is 27.2. The van der Waals surface area contributed by atoms with E-state index in [9.17, 15) is 24.0 Å². The monoisotopic (exact) mass is 538 g/mol. The van der Waals surface area contributed by atoms with E-state index >= 15 is 0 Å². The molecule has 0 fully saturated rings. The van der Waals surface area contributed by atoms with Gasteiger partial charge in [0, 0.05) is 17.9 Å². The number of carbonyl (C=O) groups is 1. The fourth-order valence-corrected chi connectivity index (χ4v) is 5.32. The molecule has 2 heterocycles. The molecule has 1 aliphatic heterocycles. The first-order valence-corrected chi connectivity index (χ1v) is 12.9. The van der Waals surface area contributed by atoms with Crippen LogP contribution in [0, 0.1) is 23.6 Å². The van der Waals surface area contributed by atoms with Gasteiger partial charge in [0.1, 0.15) is 5.82 Å². The number of hydrogen-bond donors (Lipinski definition) is 2. The highest BCUT2D eigenvalue weighted by atomic mass is 31.1. The first-order valence-electron chi connectivity index (χ1n) is 11.7. The quantitative estimate of drug-likeness (QED) is 0.307. The minimum atomic E-state index is -3.11. The fourth-order valence-electron chi connectivity index (χ4n) is 4.24. The summed E-state index contributed by atoms with van der Waals surface area (Å²) in [5.74, 6) is 3.84. The number of pyridine rings is 1. The molecule has 196 valence electrons. The third kappa shape index (κ3) is 4.86. The van der Waals surface area contributed by atoms with Crippen molar-refractivity contribution in [1.82, 2.24) is 4.98 Å². The average Bonchev–Trinajstić information content (AvgIpc) is 3.39. The topological polar surface area (TPSA) is 115 Å². The molecule has 1 aliphatic rings. The molecule has 0 saturated heterocycles. The molecule has 10 heteroatoms. The Kier molecular flexibility index (Phi) is 7.79. The number of aromatic nitrogens is 1. The maximum Gasteiger partial charge on any atom is 0.543 e. The van der Waals surface area contributed by atoms with Crippen LogP contribution >= 0.6 is 8.03 Å². The lowest BCUT2D eigenvalue weighted by Gasteiger charge is -2.33. The van der Waals surface area contributed by atoms with Crippen LogP contribution in [-0.4, -0.2) is 40.2 Å². The van der Waals surface area contributed by atoms with Crippen LogP contribution in [0.1, 0.15) is 25.1 Å². The minimum absolute atomic E-state index is 0.0295. The van der Waals surface area contributed by atoms with Gasteiger partial charge in [-0.05, 0) is 52.4 Å². The number of aliphatic carboxylic acids is 1. The number of para-hydroxylation sites is 1. The molecular weight excluding hydrogens is 512 g/mol. The van der Waals surface area contributed by atoms with Crippen molar-refractivity contribution >= 4 is 14.0 Å². The summed E-state index contributed by atoms with van der Waals surface area (Å²) in [6.45, 7) is 3.49. The number of fused-ring (bicyclic) bond motifs is 1. The molecule has 0 spiro atoms. The van der Waals surface area contributed by atoms with Crippen molar-refractivity contribution in [3.8, 4) is 34.6 Å². The van der Waals surface area contributed by atoms with Gasteiger partial charge in [-0.15, -0.1) is 4.52 Å². The summed E-state index contributed by atoms with van der Waals surface area (Å²) in [5, 5.41) is 20.3. The molecule has 4 rings (SSSR count). The van der Waals surface area contributed by atoms with Crippen molar-refractivity contribution in [1.29, 1.82) is 0 Å². The summed E-state index contributed by atoms with van der Waals surface area (Å²) in [6, 6.07) is 15.1. The Balaban J connectivity index is 1.99. The van der Waals surface area contributed by atoms with Gasteiger partial charge in [-0.3, -0.25) is 0 Å². The molecule has 2 aromatic carbocycles. The predicted molar refractivity (Wildman–Crippen MR) is 137 cm³/mol. The van der Waals surface area contributed by atoms with Crippen LogP contribution in [0.25, 0.3) is 11.3 Å². The van der Waals surface area contributed by atoms with Gasteiger partial charge in [0.2, 0.25) is 6.79 Å². The highest BCUT2D eigenvalue weighted by molar-refractivity contribution is 7.43. The summed E-state index contributed by atoms with van der Waals surface area (Å²) in [6.07, 6.45) is -0.403. The van der Waals surface area contributed by atoms with E-state index in [1.165, 1.54) is 30.3 Å². The summed E-state index contributed by atoms with van der Waals surface area (Å²) >= 11 is 0. The number of nitrogens with zero attached hydrogens (tertiary/aromatic N) is 1. The van der Waals surface area contributed by atoms with Crippen molar-refractivity contribution < 1.29 is 38.0 Å². The van der Waals surface area contributed by atoms with Gasteiger partial charge in [-0.1, -0.05) is 44.0 Å². The number of rotatable bonds is 8. The third-order valence-corrected chi connectivity index (χ3v) is 7.66. The summed E-state index contributed by atoms with van der Waals surface area (Å²) in [4.78, 5) is 17.6. The van der Waals surface area contributed by atoms with Crippen LogP contribution in [-0.2, 0) is 25.9 Å². The zero-order valence-corrected chi connectivity index (χ0v) is 21.9. The lowest BCUT2D eigenvalue weighted by atomic mass is 9.78. The van der Waals surface area contributed by atoms with Gasteiger partial charge in [-0.2, -0.15) is 0 Å². The minimum Gasteiger partial charge on any atom is -0.477 e. The van der Waals surface area contributed by atoms with E-state index in [1.807, 2.05) is 0 Å². The van der Waals surface area contributed by atoms with E-state index in [2.05, 4.69) is 16.8 Å². The Morgan fingerprint density at radius 3 is 2.53 bits per heavy atom. The summed E-state index contributed by atoms with van der Waals surface area (Å²) in [5.41, 5.74) is -1.32. The average molecular weight is 538 g/mol. The van der Waals surface area contributed by atoms with Crippen molar-refractivity contribution in [2.45, 2.75) is 31.0 Å². The predicted octanol–water partition coefficient (Wildman–Crippen LogP) is 4.92. The Morgan fingerprint density at radius 1 is 1.16 bits per heavy atom. The number of hydrogen-bond acceptors (Lipinski definition) is 7. The molecule has 8 nitrogen and oxygen atoms in total. The second kappa shape index (κ2) is 10.9. The smallest absolute Gasteiger partial charge is 0.477 e. The van der Waals surface area contributed by atoms with Crippen molar-refractivity contribution in [2.75, 3.05) is 13.9 Å². The van der Waals surface area contributed by atoms with Crippen molar-refractivity contribution in [3.63, 3.8) is 0 Å². The van der Waals surface area contributed by atoms with E-state index in [0.717, 1.165) is 7.11 Å². The van der Waals surface area contributed by atoms with Crippen LogP contribution in [0.4, 0.5) is 4.39 Å². The van der Waals surface area contributed by atoms with E-state index in [0.29, 0.717) is 28.3 Å². The lowest BCUT2D eigenvalue weighted by Crippen LogP contribution is -2.56. The number of ether oxygens (including phenoxy) is 2. The molecule has 3 unspecified atom stereocenters. The molecule has 0 saturated carbocycles. The van der Waals surface area contributed by atoms with Gasteiger partial charge in [0.05, 0.1) is 18.5 Å². The number of carboxylic acid groups (broad SMARTS) is 1. The zero-order valence-electron chi connectivity index (χ0n) is 21.0. The second-order valence-corrected chi connectivity index (χ2v) is 10.5. The summed E-state index contributed by atoms with van der Waals surface area (Å²) < 4.78 is 43.2. The maximum absolute atomic E-state index is 13.7. The number of benzene rings is 2. The van der Waals surface area contributed by atoms with E-state index in [4.69, 9.17) is 14.0 Å². The molecular formula is C28H26FNO7P+. The van der Waals surface area contributed by atoms with Gasteiger partial charge in [0.25, 0.3) is 0 Å². The molecule has 3 atom stereocenters. The van der Waals surface area contributed by atoms with Gasteiger partial charge < -0.3 is 19.7 Å². The van der Waals surface area contributed by atoms with E-state index in [-0.39, 0.29) is 18.4 Å². The summed E-state index contributed by atoms with van der Waals surface area (Å²) in [7, 11) is -2.03. The highest BCUT2D eigenvalue weighted by Gasteiger charge is 2.72. The Bertz CT molecular complexity index is 1430. The van der Waals surface area contributed by atoms with Crippen molar-refractivity contribution in [2.24, 2.45) is 5.92 Å². The molecule has 0 aliphatic carbocycles. The maximum atomic E-state index is 13.7. The third-order valence-electron chi connectivity index (χ3n) is 6.11. The Labute approximate surface area is 220 Å². The molecule has 0 radical (unpaired) electrons. The molecule has 0 bridgehead atoms. The van der Waals surface area contributed by atoms with Crippen LogP contribution < -0.4 is 9.47 Å². The lowest BCUT2D eigenvalue weighted by molar-refractivity contribution is -0.146. The Hall–Kier alpha value is -3.83. The van der Waals surface area contributed by atoms with Crippen LogP contribution in [0.3, 0.4) is 0 Å². The first-order chi connectivity index (χ1) is 18.1. The zero-order chi connectivity index (χ0) is 27.5. The van der Waals surface area contributed by atoms with Gasteiger partial charge in [0.15, 0.2) is 17.1 Å². The van der Waals surface area contributed by atoms with Gasteiger partial charge >= 0.3 is 19.2 Å². The van der Waals surface area contributed by atoms with Crippen LogP contribution in [0.2, 0.25) is 0 Å². The molecule has 38 heavy (non-hydrogen) atoms. The molecule has 2 N–H and O–H groups in total. The normalized spacial score (nSPS) is 15.7. The number of aliphatic hydroxyl groups is 1. The largest absolute Gasteiger partial charge is 0.543 e.